The minimum Gasteiger partial charge on any atom is -0.497 e. The number of carbonyl (C=O) groups is 1. The number of H-pyrrole nitrogens is 1. The molecule has 0 saturated heterocycles. The maximum Gasteiger partial charge on any atom is 0.297 e. The van der Waals surface area contributed by atoms with Crippen LogP contribution in [0.3, 0.4) is 0 Å². The molecular formula is C19H18N3O2+. The SMILES string of the molecule is COc1ccc2c3c([nH]c2c1)[C@]1([NH2+]CC3)C(=O)Nc2ccccc21. The first kappa shape index (κ1) is 13.6. The van der Waals surface area contributed by atoms with Gasteiger partial charge in [0.05, 0.1) is 30.6 Å². The fourth-order valence-corrected chi connectivity index (χ4v) is 4.22. The van der Waals surface area contributed by atoms with Crippen LogP contribution in [0.5, 0.6) is 5.75 Å². The number of methoxy groups -OCH3 is 1. The number of rotatable bonds is 1. The summed E-state index contributed by atoms with van der Waals surface area (Å²) in [6.45, 7) is 0.883. The Bertz CT molecular complexity index is 991. The molecule has 2 aliphatic rings. The van der Waals surface area contributed by atoms with E-state index in [4.69, 9.17) is 4.74 Å². The smallest absolute Gasteiger partial charge is 0.297 e. The van der Waals surface area contributed by atoms with E-state index in [9.17, 15) is 4.79 Å². The van der Waals surface area contributed by atoms with E-state index in [0.717, 1.165) is 41.2 Å². The second-order valence-corrected chi connectivity index (χ2v) is 6.44. The Morgan fingerprint density at radius 3 is 2.96 bits per heavy atom. The van der Waals surface area contributed by atoms with Crippen molar-refractivity contribution in [3.63, 3.8) is 0 Å². The molecule has 0 radical (unpaired) electrons. The summed E-state index contributed by atoms with van der Waals surface area (Å²) < 4.78 is 5.34. The van der Waals surface area contributed by atoms with Gasteiger partial charge in [0.25, 0.3) is 5.91 Å². The zero-order valence-corrected chi connectivity index (χ0v) is 13.3. The van der Waals surface area contributed by atoms with E-state index in [1.807, 2.05) is 36.4 Å². The lowest BCUT2D eigenvalue weighted by Gasteiger charge is -2.29. The van der Waals surface area contributed by atoms with E-state index in [0.29, 0.717) is 0 Å². The number of aromatic amines is 1. The van der Waals surface area contributed by atoms with Gasteiger partial charge in [0.15, 0.2) is 0 Å². The number of nitrogens with one attached hydrogen (secondary N) is 2. The average molecular weight is 320 g/mol. The van der Waals surface area contributed by atoms with Crippen molar-refractivity contribution >= 4 is 22.5 Å². The largest absolute Gasteiger partial charge is 0.497 e. The van der Waals surface area contributed by atoms with Crippen LogP contribution in [0.15, 0.2) is 42.5 Å². The van der Waals surface area contributed by atoms with Crippen LogP contribution in [0.25, 0.3) is 10.9 Å². The molecule has 120 valence electrons. The molecule has 3 heterocycles. The third-order valence-electron chi connectivity index (χ3n) is 5.31. The topological polar surface area (TPSA) is 70.7 Å². The van der Waals surface area contributed by atoms with Gasteiger partial charge in [-0.3, -0.25) is 4.79 Å². The molecule has 4 N–H and O–H groups in total. The third-order valence-corrected chi connectivity index (χ3v) is 5.31. The number of para-hydroxylation sites is 1. The maximum atomic E-state index is 13.0. The summed E-state index contributed by atoms with van der Waals surface area (Å²) in [6.07, 6.45) is 0.943. The Morgan fingerprint density at radius 1 is 1.21 bits per heavy atom. The molecule has 0 aliphatic carbocycles. The lowest BCUT2D eigenvalue weighted by Crippen LogP contribution is -2.98. The number of fused-ring (bicyclic) bond motifs is 6. The monoisotopic (exact) mass is 320 g/mol. The van der Waals surface area contributed by atoms with Crippen molar-refractivity contribution in [3.05, 3.63) is 59.3 Å². The summed E-state index contributed by atoms with van der Waals surface area (Å²) >= 11 is 0. The van der Waals surface area contributed by atoms with Gasteiger partial charge in [0, 0.05) is 23.4 Å². The van der Waals surface area contributed by atoms with Gasteiger partial charge >= 0.3 is 0 Å². The molecule has 0 unspecified atom stereocenters. The van der Waals surface area contributed by atoms with Crippen molar-refractivity contribution in [2.45, 2.75) is 12.0 Å². The van der Waals surface area contributed by atoms with Crippen molar-refractivity contribution in [3.8, 4) is 5.75 Å². The zero-order valence-electron chi connectivity index (χ0n) is 13.3. The quantitative estimate of drug-likeness (QED) is 0.636. The Labute approximate surface area is 139 Å². The number of nitrogens with two attached hydrogens (primary N) is 1. The molecule has 5 nitrogen and oxygen atoms in total. The molecule has 0 bridgehead atoms. The van der Waals surface area contributed by atoms with Crippen LogP contribution in [0.2, 0.25) is 0 Å². The van der Waals surface area contributed by atoms with Gasteiger partial charge in [0.1, 0.15) is 5.75 Å². The highest BCUT2D eigenvalue weighted by atomic mass is 16.5. The number of carbonyl (C=O) groups excluding carboxylic acids is 1. The summed E-state index contributed by atoms with van der Waals surface area (Å²) in [5, 5.41) is 6.38. The highest BCUT2D eigenvalue weighted by Crippen LogP contribution is 2.42. The first-order valence-electron chi connectivity index (χ1n) is 8.18. The molecule has 2 aromatic carbocycles. The summed E-state index contributed by atoms with van der Waals surface area (Å²) in [5.41, 5.74) is 4.49. The normalized spacial score (nSPS) is 21.6. The first-order valence-corrected chi connectivity index (χ1v) is 8.18. The standard InChI is InChI=1S/C19H17N3O2/c1-24-11-6-7-12-13-8-9-20-19(17(13)21-16(12)10-11)14-4-2-3-5-15(14)22-18(19)23/h2-7,10,20-21H,8-9H2,1H3,(H,22,23)/p+1/t19-/m0/s1. The molecule has 24 heavy (non-hydrogen) atoms. The van der Waals surface area contributed by atoms with E-state index in [1.165, 1.54) is 10.9 Å². The Kier molecular flexibility index (Phi) is 2.62. The van der Waals surface area contributed by atoms with Crippen molar-refractivity contribution in [2.24, 2.45) is 0 Å². The van der Waals surface area contributed by atoms with Crippen molar-refractivity contribution < 1.29 is 14.8 Å². The van der Waals surface area contributed by atoms with Gasteiger partial charge in [-0.15, -0.1) is 0 Å². The summed E-state index contributed by atoms with van der Waals surface area (Å²) in [4.78, 5) is 16.5. The number of hydrogen-bond acceptors (Lipinski definition) is 2. The Balaban J connectivity index is 1.82. The predicted molar refractivity (Wildman–Crippen MR) is 91.2 cm³/mol. The molecule has 3 aromatic rings. The van der Waals surface area contributed by atoms with Crippen LogP contribution in [0.4, 0.5) is 5.69 Å². The van der Waals surface area contributed by atoms with E-state index in [1.54, 1.807) is 7.11 Å². The lowest BCUT2D eigenvalue weighted by molar-refractivity contribution is -0.713. The van der Waals surface area contributed by atoms with Crippen LogP contribution in [-0.2, 0) is 16.8 Å². The third kappa shape index (κ3) is 1.55. The van der Waals surface area contributed by atoms with Gasteiger partial charge in [0.2, 0.25) is 5.54 Å². The molecule has 1 spiro atoms. The Hall–Kier alpha value is -2.79. The number of benzene rings is 2. The van der Waals surface area contributed by atoms with Crippen LogP contribution in [0, 0.1) is 0 Å². The van der Waals surface area contributed by atoms with Crippen LogP contribution >= 0.6 is 0 Å². The minimum atomic E-state index is -0.712. The second-order valence-electron chi connectivity index (χ2n) is 6.44. The van der Waals surface area contributed by atoms with E-state index in [-0.39, 0.29) is 5.91 Å². The molecule has 1 aromatic heterocycles. The van der Waals surface area contributed by atoms with E-state index < -0.39 is 5.54 Å². The Morgan fingerprint density at radius 2 is 2.08 bits per heavy atom. The van der Waals surface area contributed by atoms with Gasteiger partial charge < -0.3 is 20.4 Å². The second kappa shape index (κ2) is 4.61. The van der Waals surface area contributed by atoms with Gasteiger partial charge in [-0.2, -0.15) is 0 Å². The number of hydrogen-bond donors (Lipinski definition) is 3. The lowest BCUT2D eigenvalue weighted by atomic mass is 9.82. The van der Waals surface area contributed by atoms with Crippen LogP contribution in [-0.4, -0.2) is 24.5 Å². The minimum absolute atomic E-state index is 0.0307. The molecule has 0 saturated carbocycles. The van der Waals surface area contributed by atoms with Crippen LogP contribution < -0.4 is 15.4 Å². The fourth-order valence-electron chi connectivity index (χ4n) is 4.22. The molecule has 1 amide bonds. The molecule has 2 aliphatic heterocycles. The first-order chi connectivity index (χ1) is 11.7. The van der Waals surface area contributed by atoms with E-state index >= 15 is 0 Å². The number of ether oxygens (including phenoxy) is 1. The van der Waals surface area contributed by atoms with Crippen LogP contribution in [0.1, 0.15) is 16.8 Å². The molecule has 5 rings (SSSR count). The van der Waals surface area contributed by atoms with Gasteiger partial charge in [-0.1, -0.05) is 12.1 Å². The molecule has 0 fully saturated rings. The number of anilines is 1. The van der Waals surface area contributed by atoms with Gasteiger partial charge in [-0.25, -0.2) is 0 Å². The predicted octanol–water partition coefficient (Wildman–Crippen LogP) is 1.49. The van der Waals surface area contributed by atoms with E-state index in [2.05, 4.69) is 21.7 Å². The highest BCUT2D eigenvalue weighted by molar-refractivity contribution is 6.08. The average Bonchev–Trinajstić information content (AvgIpc) is 3.12. The number of amides is 1. The van der Waals surface area contributed by atoms with Gasteiger partial charge in [-0.05, 0) is 29.8 Å². The van der Waals surface area contributed by atoms with Crippen molar-refractivity contribution in [1.82, 2.24) is 4.98 Å². The van der Waals surface area contributed by atoms with Crippen molar-refractivity contribution in [1.29, 1.82) is 0 Å². The zero-order chi connectivity index (χ0) is 16.3. The van der Waals surface area contributed by atoms with Crippen molar-refractivity contribution in [2.75, 3.05) is 19.0 Å². The molecule has 1 atom stereocenters. The summed E-state index contributed by atoms with van der Waals surface area (Å²) in [5.74, 6) is 0.846. The summed E-state index contributed by atoms with van der Waals surface area (Å²) in [6, 6.07) is 14.0. The number of quaternary nitrogens is 1. The molecule has 5 heteroatoms. The number of aromatic nitrogens is 1. The maximum absolute atomic E-state index is 13.0. The summed E-state index contributed by atoms with van der Waals surface area (Å²) in [7, 11) is 1.67. The highest BCUT2D eigenvalue weighted by Gasteiger charge is 2.55. The molecular weight excluding hydrogens is 302 g/mol. The fraction of sp³-hybridized carbons (Fsp3) is 0.211.